The molecule has 0 radical (unpaired) electrons. The first-order valence-corrected chi connectivity index (χ1v) is 9.82. The first-order valence-electron chi connectivity index (χ1n) is 9.01. The first kappa shape index (κ1) is 17.0. The number of carbonyl (C=O) groups excluding carboxylic acids is 1. The Bertz CT molecular complexity index is 913. The summed E-state index contributed by atoms with van der Waals surface area (Å²) in [5, 5.41) is 0.776. The van der Waals surface area contributed by atoms with Crippen molar-refractivity contribution < 1.29 is 9.21 Å². The minimum Gasteiger partial charge on any atom is -0.459 e. The van der Waals surface area contributed by atoms with Crippen LogP contribution in [0.2, 0.25) is 0 Å². The molecule has 1 atom stereocenters. The number of nitrogens with zero attached hydrogens (tertiary/aromatic N) is 2. The maximum Gasteiger partial charge on any atom is 0.266 e. The number of carbonyl (C=O) groups is 1. The van der Waals surface area contributed by atoms with Gasteiger partial charge in [-0.2, -0.15) is 0 Å². The van der Waals surface area contributed by atoms with Gasteiger partial charge in [0.05, 0.1) is 5.69 Å². The molecule has 0 saturated carbocycles. The minimum atomic E-state index is 0.105. The van der Waals surface area contributed by atoms with E-state index < -0.39 is 0 Å². The van der Waals surface area contributed by atoms with Gasteiger partial charge >= 0.3 is 0 Å². The highest BCUT2D eigenvalue weighted by Crippen LogP contribution is 2.32. The maximum absolute atomic E-state index is 13.2. The molecule has 1 aliphatic heterocycles. The van der Waals surface area contributed by atoms with Crippen molar-refractivity contribution in [2.75, 3.05) is 6.54 Å². The molecule has 0 N–H and O–H groups in total. The first-order chi connectivity index (χ1) is 12.6. The van der Waals surface area contributed by atoms with Gasteiger partial charge in [0, 0.05) is 12.6 Å². The molecule has 4 nitrogen and oxygen atoms in total. The van der Waals surface area contributed by atoms with Crippen LogP contribution in [0.15, 0.2) is 46.9 Å². The van der Waals surface area contributed by atoms with Crippen molar-refractivity contribution in [1.82, 2.24) is 9.88 Å². The van der Waals surface area contributed by atoms with Gasteiger partial charge in [0.2, 0.25) is 0 Å². The van der Waals surface area contributed by atoms with Crippen molar-refractivity contribution >= 4 is 17.2 Å². The fourth-order valence-electron chi connectivity index (χ4n) is 3.58. The molecule has 0 bridgehead atoms. The molecule has 3 aromatic rings. The lowest BCUT2D eigenvalue weighted by Crippen LogP contribution is -2.36. The van der Waals surface area contributed by atoms with E-state index in [4.69, 9.17) is 4.42 Å². The lowest BCUT2D eigenvalue weighted by atomic mass is 10.0. The van der Waals surface area contributed by atoms with Crippen LogP contribution in [0.3, 0.4) is 0 Å². The SMILES string of the molecule is Cc1ccc(-c2nc(C)c(C(=O)N3CCC[C@H]3Cc3ccccc3)s2)o1. The molecule has 0 unspecified atom stereocenters. The Morgan fingerprint density at radius 3 is 2.77 bits per heavy atom. The van der Waals surface area contributed by atoms with Crippen LogP contribution in [0.5, 0.6) is 0 Å². The van der Waals surface area contributed by atoms with Crippen LogP contribution in [-0.2, 0) is 6.42 Å². The lowest BCUT2D eigenvalue weighted by molar-refractivity contribution is 0.0740. The monoisotopic (exact) mass is 366 g/mol. The number of hydrogen-bond donors (Lipinski definition) is 0. The fraction of sp³-hybridized carbons (Fsp3) is 0.333. The van der Waals surface area contributed by atoms with E-state index in [0.29, 0.717) is 0 Å². The molecule has 134 valence electrons. The molecule has 1 fully saturated rings. The Kier molecular flexibility index (Phi) is 4.64. The predicted octanol–water partition coefficient (Wildman–Crippen LogP) is 4.87. The molecule has 4 rings (SSSR count). The fourth-order valence-corrected chi connectivity index (χ4v) is 4.57. The number of amides is 1. The van der Waals surface area contributed by atoms with Gasteiger partial charge < -0.3 is 9.32 Å². The standard InChI is InChI=1S/C21H22N2O2S/c1-14-10-11-18(25-14)20-22-15(2)19(26-20)21(24)23-12-6-9-17(23)13-16-7-4-3-5-8-16/h3-5,7-8,10-11,17H,6,9,12-13H2,1-2H3/t17-/m0/s1. The quantitative estimate of drug-likeness (QED) is 0.662. The highest BCUT2D eigenvalue weighted by molar-refractivity contribution is 7.17. The summed E-state index contributed by atoms with van der Waals surface area (Å²) in [6.07, 6.45) is 3.03. The molecule has 3 heterocycles. The highest BCUT2D eigenvalue weighted by atomic mass is 32.1. The van der Waals surface area contributed by atoms with E-state index >= 15 is 0 Å². The molecule has 1 aliphatic rings. The lowest BCUT2D eigenvalue weighted by Gasteiger charge is -2.24. The molecule has 0 aliphatic carbocycles. The number of rotatable bonds is 4. The van der Waals surface area contributed by atoms with Crippen molar-refractivity contribution in [3.63, 3.8) is 0 Å². The largest absolute Gasteiger partial charge is 0.459 e. The third-order valence-corrected chi connectivity index (χ3v) is 6.05. The molecular weight excluding hydrogens is 344 g/mol. The molecule has 1 amide bonds. The average molecular weight is 366 g/mol. The van der Waals surface area contributed by atoms with Crippen molar-refractivity contribution in [2.24, 2.45) is 0 Å². The normalized spacial score (nSPS) is 17.0. The second-order valence-electron chi connectivity index (χ2n) is 6.83. The second-order valence-corrected chi connectivity index (χ2v) is 7.83. The van der Waals surface area contributed by atoms with Crippen molar-refractivity contribution in [2.45, 2.75) is 39.2 Å². The Morgan fingerprint density at radius 1 is 1.23 bits per heavy atom. The van der Waals surface area contributed by atoms with E-state index in [2.05, 4.69) is 29.2 Å². The summed E-state index contributed by atoms with van der Waals surface area (Å²) in [4.78, 5) is 20.5. The van der Waals surface area contributed by atoms with Gasteiger partial charge in [-0.1, -0.05) is 30.3 Å². The number of furan rings is 1. The third kappa shape index (κ3) is 3.31. The number of likely N-dealkylation sites (tertiary alicyclic amines) is 1. The maximum atomic E-state index is 13.2. The highest BCUT2D eigenvalue weighted by Gasteiger charge is 2.31. The molecule has 1 saturated heterocycles. The second kappa shape index (κ2) is 7.08. The number of aromatic nitrogens is 1. The Hall–Kier alpha value is -2.40. The number of benzene rings is 1. The molecular formula is C21H22N2O2S. The van der Waals surface area contributed by atoms with E-state index in [-0.39, 0.29) is 11.9 Å². The van der Waals surface area contributed by atoms with Crippen LogP contribution in [0, 0.1) is 13.8 Å². The van der Waals surface area contributed by atoms with Gasteiger partial charge in [-0.3, -0.25) is 4.79 Å². The van der Waals surface area contributed by atoms with Crippen LogP contribution >= 0.6 is 11.3 Å². The minimum absolute atomic E-state index is 0.105. The molecule has 5 heteroatoms. The van der Waals surface area contributed by atoms with Gasteiger partial charge in [-0.15, -0.1) is 11.3 Å². The predicted molar refractivity (Wildman–Crippen MR) is 103 cm³/mol. The molecule has 26 heavy (non-hydrogen) atoms. The Balaban J connectivity index is 1.56. The number of thiazole rings is 1. The van der Waals surface area contributed by atoms with Crippen molar-refractivity contribution in [1.29, 1.82) is 0 Å². The summed E-state index contributed by atoms with van der Waals surface area (Å²) < 4.78 is 5.67. The number of aryl methyl sites for hydroxylation is 2. The van der Waals surface area contributed by atoms with Crippen LogP contribution in [0.25, 0.3) is 10.8 Å². The van der Waals surface area contributed by atoms with Crippen LogP contribution in [0.1, 0.15) is 39.5 Å². The molecule has 1 aromatic carbocycles. The molecule has 0 spiro atoms. The Morgan fingerprint density at radius 2 is 2.04 bits per heavy atom. The van der Waals surface area contributed by atoms with Gasteiger partial charge in [0.25, 0.3) is 5.91 Å². The zero-order valence-electron chi connectivity index (χ0n) is 15.1. The van der Waals surface area contributed by atoms with Crippen LogP contribution in [0.4, 0.5) is 0 Å². The van der Waals surface area contributed by atoms with Crippen LogP contribution in [-0.4, -0.2) is 28.4 Å². The van der Waals surface area contributed by atoms with E-state index in [9.17, 15) is 4.79 Å². The molecule has 2 aromatic heterocycles. The van der Waals surface area contributed by atoms with Crippen molar-refractivity contribution in [3.05, 3.63) is 64.4 Å². The van der Waals surface area contributed by atoms with E-state index in [1.165, 1.54) is 16.9 Å². The zero-order valence-corrected chi connectivity index (χ0v) is 15.9. The summed E-state index contributed by atoms with van der Waals surface area (Å²) in [7, 11) is 0. The summed E-state index contributed by atoms with van der Waals surface area (Å²) >= 11 is 1.43. The smallest absolute Gasteiger partial charge is 0.266 e. The van der Waals surface area contributed by atoms with Gasteiger partial charge in [0.15, 0.2) is 10.8 Å². The van der Waals surface area contributed by atoms with Gasteiger partial charge in [-0.25, -0.2) is 4.98 Å². The summed E-state index contributed by atoms with van der Waals surface area (Å²) in [6, 6.07) is 14.5. The zero-order chi connectivity index (χ0) is 18.1. The summed E-state index contributed by atoms with van der Waals surface area (Å²) in [6.45, 7) is 4.64. The summed E-state index contributed by atoms with van der Waals surface area (Å²) in [5.41, 5.74) is 2.07. The van der Waals surface area contributed by atoms with E-state index in [0.717, 1.165) is 52.9 Å². The number of hydrogen-bond acceptors (Lipinski definition) is 4. The van der Waals surface area contributed by atoms with Crippen molar-refractivity contribution in [3.8, 4) is 10.8 Å². The summed E-state index contributed by atoms with van der Waals surface area (Å²) in [5.74, 6) is 1.69. The van der Waals surface area contributed by atoms with Gasteiger partial charge in [0.1, 0.15) is 10.6 Å². The van der Waals surface area contributed by atoms with E-state index in [1.54, 1.807) is 0 Å². The van der Waals surface area contributed by atoms with Gasteiger partial charge in [-0.05, 0) is 50.8 Å². The van der Waals surface area contributed by atoms with E-state index in [1.807, 2.05) is 36.9 Å². The van der Waals surface area contributed by atoms with Crippen LogP contribution < -0.4 is 0 Å². The average Bonchev–Trinajstić information content (AvgIpc) is 3.35. The Labute approximate surface area is 157 Å². The third-order valence-electron chi connectivity index (χ3n) is 4.89. The topological polar surface area (TPSA) is 46.3 Å².